The van der Waals surface area contributed by atoms with Crippen LogP contribution in [0.4, 0.5) is 5.95 Å². The number of fused-ring (bicyclic) bond motifs is 1. The van der Waals surface area contributed by atoms with E-state index in [0.717, 1.165) is 5.57 Å². The maximum absolute atomic E-state index is 10.8. The molecule has 120 valence electrons. The molecule has 0 amide bonds. The van der Waals surface area contributed by atoms with Crippen LogP contribution in [0.25, 0.3) is 11.2 Å². The van der Waals surface area contributed by atoms with Crippen LogP contribution in [0.1, 0.15) is 6.92 Å². The van der Waals surface area contributed by atoms with Gasteiger partial charge in [0, 0.05) is 6.54 Å². The topological polar surface area (TPSA) is 136 Å². The molecular weight excluding hydrogens is 333 g/mol. The molecule has 2 aromatic rings. The first-order chi connectivity index (χ1) is 10.3. The molecule has 4 N–H and O–H groups in total. The van der Waals surface area contributed by atoms with E-state index in [1.807, 2.05) is 0 Å². The number of hydrogen-bond donors (Lipinski definition) is 3. The van der Waals surface area contributed by atoms with Crippen molar-refractivity contribution in [2.24, 2.45) is 0 Å². The Bertz CT molecular complexity index is 756. The molecule has 0 atom stereocenters. The monoisotopic (exact) mass is 347 g/mol. The number of anilines is 1. The third-order valence-electron chi connectivity index (χ3n) is 2.77. The molecule has 0 spiro atoms. The van der Waals surface area contributed by atoms with E-state index >= 15 is 0 Å². The molecule has 0 saturated carbocycles. The van der Waals surface area contributed by atoms with Crippen molar-refractivity contribution >= 4 is 36.3 Å². The molecule has 0 fully saturated rings. The normalized spacial score (nSPS) is 13.0. The van der Waals surface area contributed by atoms with Crippen molar-refractivity contribution in [3.63, 3.8) is 0 Å². The lowest BCUT2D eigenvalue weighted by atomic mass is 10.2. The Morgan fingerprint density at radius 1 is 1.55 bits per heavy atom. The summed E-state index contributed by atoms with van der Waals surface area (Å²) in [7, 11) is -4.18. The number of ether oxygens (including phenoxy) is 1. The van der Waals surface area contributed by atoms with Crippen molar-refractivity contribution in [2.75, 3.05) is 18.7 Å². The number of nitrogens with zero attached hydrogens (tertiary/aromatic N) is 4. The summed E-state index contributed by atoms with van der Waals surface area (Å²) in [6, 6.07) is 0. The number of nitrogens with two attached hydrogens (primary N) is 1. The van der Waals surface area contributed by atoms with Gasteiger partial charge in [-0.15, -0.1) is 0 Å². The van der Waals surface area contributed by atoms with E-state index in [2.05, 4.69) is 15.0 Å². The van der Waals surface area contributed by atoms with Crippen molar-refractivity contribution in [1.82, 2.24) is 19.5 Å². The fourth-order valence-corrected chi connectivity index (χ4v) is 2.33. The third kappa shape index (κ3) is 4.25. The van der Waals surface area contributed by atoms with E-state index in [1.165, 1.54) is 6.33 Å². The summed E-state index contributed by atoms with van der Waals surface area (Å²) in [5.74, 6) is 0.0408. The Morgan fingerprint density at radius 3 is 2.91 bits per heavy atom. The molecular formula is C11H15ClN5O4P. The Labute approximate surface area is 130 Å². The van der Waals surface area contributed by atoms with E-state index in [0.29, 0.717) is 17.7 Å². The third-order valence-corrected chi connectivity index (χ3v) is 3.55. The number of halogens is 1. The van der Waals surface area contributed by atoms with Gasteiger partial charge < -0.3 is 24.8 Å². The highest BCUT2D eigenvalue weighted by molar-refractivity contribution is 7.51. The summed E-state index contributed by atoms with van der Waals surface area (Å²) < 4.78 is 17.5. The Morgan fingerprint density at radius 2 is 2.27 bits per heavy atom. The highest BCUT2D eigenvalue weighted by Crippen LogP contribution is 2.34. The van der Waals surface area contributed by atoms with Crippen molar-refractivity contribution in [3.05, 3.63) is 23.1 Å². The van der Waals surface area contributed by atoms with Gasteiger partial charge in [-0.25, -0.2) is 4.98 Å². The summed E-state index contributed by atoms with van der Waals surface area (Å²) in [4.78, 5) is 29.6. The fraction of sp³-hybridized carbons (Fsp3) is 0.364. The zero-order valence-corrected chi connectivity index (χ0v) is 13.3. The second-order valence-corrected chi connectivity index (χ2v) is 6.45. The Hall–Kier alpha value is -1.51. The summed E-state index contributed by atoms with van der Waals surface area (Å²) >= 11 is 5.95. The van der Waals surface area contributed by atoms with E-state index in [9.17, 15) is 4.57 Å². The zero-order valence-electron chi connectivity index (χ0n) is 11.7. The molecule has 0 bridgehead atoms. The first-order valence-electron chi connectivity index (χ1n) is 6.20. The zero-order chi connectivity index (χ0) is 16.3. The van der Waals surface area contributed by atoms with Gasteiger partial charge in [0.15, 0.2) is 10.8 Å². The van der Waals surface area contributed by atoms with Crippen molar-refractivity contribution in [1.29, 1.82) is 0 Å². The summed E-state index contributed by atoms with van der Waals surface area (Å²) in [5.41, 5.74) is 7.27. The molecule has 0 aliphatic rings. The molecule has 9 nitrogen and oxygen atoms in total. The Balaban J connectivity index is 2.14. The molecule has 2 aromatic heterocycles. The fourth-order valence-electron chi connectivity index (χ4n) is 1.78. The summed E-state index contributed by atoms with van der Waals surface area (Å²) in [6.45, 7) is 2.25. The highest BCUT2D eigenvalue weighted by Gasteiger charge is 2.14. The minimum absolute atomic E-state index is 0.0408. The van der Waals surface area contributed by atoms with Gasteiger partial charge in [-0.2, -0.15) is 9.97 Å². The molecule has 2 rings (SSSR count). The molecule has 2 heterocycles. The molecule has 0 radical (unpaired) electrons. The van der Waals surface area contributed by atoms with Crippen LogP contribution in [0.3, 0.4) is 0 Å². The molecule has 0 aromatic carbocycles. The largest absolute Gasteiger partial charge is 0.368 e. The van der Waals surface area contributed by atoms with Crippen LogP contribution >= 0.6 is 19.2 Å². The molecule has 0 saturated heterocycles. The van der Waals surface area contributed by atoms with E-state index in [1.54, 1.807) is 17.6 Å². The van der Waals surface area contributed by atoms with Gasteiger partial charge in [0.2, 0.25) is 5.95 Å². The smallest absolute Gasteiger partial charge is 0.350 e. The first kappa shape index (κ1) is 16.9. The summed E-state index contributed by atoms with van der Waals surface area (Å²) in [6.07, 6.45) is 2.70. The maximum Gasteiger partial charge on any atom is 0.350 e. The van der Waals surface area contributed by atoms with E-state index < -0.39 is 13.9 Å². The molecule has 0 aliphatic carbocycles. The molecule has 11 heteroatoms. The van der Waals surface area contributed by atoms with Crippen LogP contribution < -0.4 is 5.73 Å². The quantitative estimate of drug-likeness (QED) is 0.402. The average Bonchev–Trinajstić information content (AvgIpc) is 2.79. The lowest BCUT2D eigenvalue weighted by Gasteiger charge is -2.10. The highest BCUT2D eigenvalue weighted by atomic mass is 35.5. The summed E-state index contributed by atoms with van der Waals surface area (Å²) in [5, 5.41) is 0.168. The Kier molecular flexibility index (Phi) is 5.15. The second-order valence-electron chi connectivity index (χ2n) is 4.51. The lowest BCUT2D eigenvalue weighted by molar-refractivity contribution is 0.176. The number of nitrogen functional groups attached to an aromatic ring is 1. The predicted octanol–water partition coefficient (Wildman–Crippen LogP) is 1.16. The van der Waals surface area contributed by atoms with E-state index in [-0.39, 0.29) is 17.7 Å². The number of hydrogen-bond acceptors (Lipinski definition) is 6. The lowest BCUT2D eigenvalue weighted by Crippen LogP contribution is -2.08. The van der Waals surface area contributed by atoms with Crippen LogP contribution in [-0.2, 0) is 15.8 Å². The van der Waals surface area contributed by atoms with Gasteiger partial charge in [-0.1, -0.05) is 17.7 Å². The van der Waals surface area contributed by atoms with E-state index in [4.69, 9.17) is 31.9 Å². The number of allylic oxidation sites excluding steroid dienone is 1. The molecule has 0 unspecified atom stereocenters. The van der Waals surface area contributed by atoms with Crippen LogP contribution in [0.5, 0.6) is 0 Å². The van der Waals surface area contributed by atoms with Crippen LogP contribution in [0.2, 0.25) is 5.15 Å². The molecule has 22 heavy (non-hydrogen) atoms. The van der Waals surface area contributed by atoms with Gasteiger partial charge in [-0.05, 0) is 12.5 Å². The SMILES string of the molecule is C/C=C(/COCP(=O)(O)O)Cn1cnc2c(Cl)nc(N)nc21. The average molecular weight is 348 g/mol. The van der Waals surface area contributed by atoms with Gasteiger partial charge in [0.05, 0.1) is 12.9 Å². The minimum Gasteiger partial charge on any atom is -0.368 e. The predicted molar refractivity (Wildman–Crippen MR) is 81.4 cm³/mol. The number of aromatic nitrogens is 4. The number of imidazole rings is 1. The maximum atomic E-state index is 10.8. The van der Waals surface area contributed by atoms with Crippen LogP contribution in [0.15, 0.2) is 18.0 Å². The second kappa shape index (κ2) is 6.72. The first-order valence-corrected chi connectivity index (χ1v) is 8.38. The van der Waals surface area contributed by atoms with Crippen LogP contribution in [0, 0.1) is 0 Å². The minimum atomic E-state index is -4.18. The van der Waals surface area contributed by atoms with Gasteiger partial charge >= 0.3 is 7.60 Å². The molecule has 0 aliphatic heterocycles. The van der Waals surface area contributed by atoms with Gasteiger partial charge in [0.1, 0.15) is 11.9 Å². The van der Waals surface area contributed by atoms with Crippen molar-refractivity contribution < 1.29 is 19.1 Å². The van der Waals surface area contributed by atoms with Crippen molar-refractivity contribution in [3.8, 4) is 0 Å². The van der Waals surface area contributed by atoms with Gasteiger partial charge in [0.25, 0.3) is 0 Å². The standard InChI is InChI=1S/C11H15ClN5O4P/c1-2-7(4-21-6-22(18,19)20)3-17-5-14-8-9(12)15-11(13)16-10(8)17/h2,5H,3-4,6H2,1H3,(H2,13,15,16)(H2,18,19,20)/b7-2+. The van der Waals surface area contributed by atoms with Gasteiger partial charge in [-0.3, -0.25) is 4.57 Å². The number of rotatable bonds is 6. The van der Waals surface area contributed by atoms with Crippen LogP contribution in [-0.4, -0.2) is 42.3 Å². The van der Waals surface area contributed by atoms with Crippen molar-refractivity contribution in [2.45, 2.75) is 13.5 Å².